The second-order valence-corrected chi connectivity index (χ2v) is 7.17. The third kappa shape index (κ3) is 4.18. The van der Waals surface area contributed by atoms with Crippen molar-refractivity contribution in [3.8, 4) is 0 Å². The molecule has 7 heteroatoms. The molecule has 2 heterocycles. The van der Waals surface area contributed by atoms with Crippen molar-refractivity contribution in [2.45, 2.75) is 13.0 Å². The van der Waals surface area contributed by atoms with E-state index in [4.69, 9.17) is 4.42 Å². The Morgan fingerprint density at radius 3 is 2.69 bits per heavy atom. The highest BCUT2D eigenvalue weighted by molar-refractivity contribution is 5.96. The van der Waals surface area contributed by atoms with Crippen LogP contribution >= 0.6 is 0 Å². The van der Waals surface area contributed by atoms with Crippen LogP contribution < -0.4 is 10.9 Å². The number of carbonyl (C=O) groups excluding carboxylic acids is 2. The van der Waals surface area contributed by atoms with Gasteiger partial charge in [0.05, 0.1) is 0 Å². The highest BCUT2D eigenvalue weighted by Crippen LogP contribution is 2.20. The van der Waals surface area contributed by atoms with Gasteiger partial charge in [-0.3, -0.25) is 9.59 Å². The van der Waals surface area contributed by atoms with Crippen LogP contribution in [0, 0.1) is 11.7 Å². The molecule has 0 aliphatic carbocycles. The third-order valence-electron chi connectivity index (χ3n) is 5.02. The van der Waals surface area contributed by atoms with E-state index in [1.807, 2.05) is 0 Å². The van der Waals surface area contributed by atoms with Crippen LogP contribution in [-0.2, 0) is 11.3 Å². The molecule has 148 valence electrons. The van der Waals surface area contributed by atoms with Crippen molar-refractivity contribution < 1.29 is 18.4 Å². The van der Waals surface area contributed by atoms with E-state index in [9.17, 15) is 18.8 Å². The molecule has 1 atom stereocenters. The average molecular weight is 394 g/mol. The van der Waals surface area contributed by atoms with Gasteiger partial charge in [0.15, 0.2) is 0 Å². The van der Waals surface area contributed by atoms with Crippen molar-refractivity contribution in [2.75, 3.05) is 13.1 Å². The van der Waals surface area contributed by atoms with E-state index >= 15 is 0 Å². The minimum atomic E-state index is -0.693. The predicted molar refractivity (Wildman–Crippen MR) is 105 cm³/mol. The molecular formula is C22H19FN2O4. The van der Waals surface area contributed by atoms with E-state index in [-0.39, 0.29) is 29.8 Å². The maximum Gasteiger partial charge on any atom is 0.349 e. The second kappa shape index (κ2) is 7.87. The Morgan fingerprint density at radius 1 is 1.14 bits per heavy atom. The van der Waals surface area contributed by atoms with Crippen molar-refractivity contribution in [2.24, 2.45) is 5.92 Å². The van der Waals surface area contributed by atoms with Crippen molar-refractivity contribution in [1.29, 1.82) is 0 Å². The smallest absolute Gasteiger partial charge is 0.349 e. The minimum Gasteiger partial charge on any atom is -0.422 e. The molecule has 1 aliphatic rings. The summed E-state index contributed by atoms with van der Waals surface area (Å²) < 4.78 is 18.2. The molecule has 0 bridgehead atoms. The predicted octanol–water partition coefficient (Wildman–Crippen LogP) is 2.71. The van der Waals surface area contributed by atoms with Crippen LogP contribution in [0.15, 0.2) is 63.8 Å². The summed E-state index contributed by atoms with van der Waals surface area (Å²) in [6.45, 7) is 1.16. The summed E-state index contributed by atoms with van der Waals surface area (Å²) in [5.41, 5.74) is 0.517. The van der Waals surface area contributed by atoms with Gasteiger partial charge in [0.2, 0.25) is 5.91 Å². The molecule has 1 aliphatic heterocycles. The molecule has 0 spiro atoms. The Kier molecular flexibility index (Phi) is 5.12. The first-order valence-corrected chi connectivity index (χ1v) is 9.33. The van der Waals surface area contributed by atoms with Crippen LogP contribution in [-0.4, -0.2) is 29.8 Å². The van der Waals surface area contributed by atoms with Crippen molar-refractivity contribution in [3.05, 3.63) is 82.0 Å². The van der Waals surface area contributed by atoms with Gasteiger partial charge >= 0.3 is 5.63 Å². The zero-order valence-corrected chi connectivity index (χ0v) is 15.6. The number of amides is 2. The maximum absolute atomic E-state index is 13.0. The number of nitrogens with one attached hydrogen (secondary N) is 1. The van der Waals surface area contributed by atoms with E-state index in [1.54, 1.807) is 41.3 Å². The first kappa shape index (κ1) is 18.9. The van der Waals surface area contributed by atoms with Crippen LogP contribution in [0.25, 0.3) is 11.0 Å². The number of hydrogen-bond acceptors (Lipinski definition) is 4. The third-order valence-corrected chi connectivity index (χ3v) is 5.02. The number of likely N-dealkylation sites (tertiary alicyclic amines) is 1. The summed E-state index contributed by atoms with van der Waals surface area (Å²) in [7, 11) is 0. The fraction of sp³-hybridized carbons (Fsp3) is 0.227. The second-order valence-electron chi connectivity index (χ2n) is 7.17. The Bertz CT molecular complexity index is 1120. The fourth-order valence-corrected chi connectivity index (χ4v) is 3.51. The monoisotopic (exact) mass is 394 g/mol. The summed E-state index contributed by atoms with van der Waals surface area (Å²) in [6.07, 6.45) is 0.313. The standard InChI is InChI=1S/C22H19FN2O4/c23-17-7-5-14(6-8-17)12-25-13-15(9-20(25)26)11-24-21(27)18-10-16-3-1-2-4-19(16)29-22(18)28/h1-8,10,15H,9,11-13H2,(H,24,27). The Hall–Kier alpha value is -3.48. The summed E-state index contributed by atoms with van der Waals surface area (Å²) in [5, 5.41) is 3.40. The van der Waals surface area contributed by atoms with E-state index in [2.05, 4.69) is 5.32 Å². The molecule has 4 rings (SSSR count). The number of fused-ring (bicyclic) bond motifs is 1. The first-order valence-electron chi connectivity index (χ1n) is 9.33. The van der Waals surface area contributed by atoms with E-state index in [0.717, 1.165) is 5.56 Å². The van der Waals surface area contributed by atoms with Gasteiger partial charge in [0, 0.05) is 37.4 Å². The van der Waals surface area contributed by atoms with Gasteiger partial charge in [0.25, 0.3) is 5.91 Å². The number of hydrogen-bond donors (Lipinski definition) is 1. The van der Waals surface area contributed by atoms with Gasteiger partial charge in [-0.25, -0.2) is 9.18 Å². The quantitative estimate of drug-likeness (QED) is 0.675. The number of para-hydroxylation sites is 1. The average Bonchev–Trinajstić information content (AvgIpc) is 3.06. The summed E-state index contributed by atoms with van der Waals surface area (Å²) in [6, 6.07) is 14.5. The molecule has 2 amide bonds. The molecule has 3 aromatic rings. The molecule has 6 nitrogen and oxygen atoms in total. The highest BCUT2D eigenvalue weighted by Gasteiger charge is 2.30. The molecule has 2 aromatic carbocycles. The van der Waals surface area contributed by atoms with Gasteiger partial charge < -0.3 is 14.6 Å². The van der Waals surface area contributed by atoms with Gasteiger partial charge in [-0.15, -0.1) is 0 Å². The van der Waals surface area contributed by atoms with Crippen LogP contribution in [0.1, 0.15) is 22.3 Å². The SMILES string of the molecule is O=C(NCC1CC(=O)N(Cc2ccc(F)cc2)C1)c1cc2ccccc2oc1=O. The lowest BCUT2D eigenvalue weighted by molar-refractivity contribution is -0.128. The maximum atomic E-state index is 13.0. The lowest BCUT2D eigenvalue weighted by Gasteiger charge is -2.17. The topological polar surface area (TPSA) is 79.6 Å². The zero-order chi connectivity index (χ0) is 20.4. The van der Waals surface area contributed by atoms with Crippen LogP contribution in [0.5, 0.6) is 0 Å². The number of nitrogens with zero attached hydrogens (tertiary/aromatic N) is 1. The molecule has 1 saturated heterocycles. The summed E-state index contributed by atoms with van der Waals surface area (Å²) in [5.74, 6) is -0.910. The molecular weight excluding hydrogens is 375 g/mol. The lowest BCUT2D eigenvalue weighted by atomic mass is 10.1. The first-order chi connectivity index (χ1) is 14.0. The summed E-state index contributed by atoms with van der Waals surface area (Å²) >= 11 is 0. The van der Waals surface area contributed by atoms with Gasteiger partial charge in [-0.2, -0.15) is 0 Å². The molecule has 1 fully saturated rings. The van der Waals surface area contributed by atoms with Crippen molar-refractivity contribution in [1.82, 2.24) is 10.2 Å². The van der Waals surface area contributed by atoms with E-state index in [1.165, 1.54) is 18.2 Å². The molecule has 29 heavy (non-hydrogen) atoms. The van der Waals surface area contributed by atoms with Gasteiger partial charge in [-0.05, 0) is 29.8 Å². The van der Waals surface area contributed by atoms with Crippen LogP contribution in [0.4, 0.5) is 4.39 Å². The number of carbonyl (C=O) groups is 2. The van der Waals surface area contributed by atoms with E-state index < -0.39 is 11.5 Å². The van der Waals surface area contributed by atoms with Crippen LogP contribution in [0.2, 0.25) is 0 Å². The van der Waals surface area contributed by atoms with Crippen LogP contribution in [0.3, 0.4) is 0 Å². The lowest BCUT2D eigenvalue weighted by Crippen LogP contribution is -2.33. The number of rotatable bonds is 5. The largest absolute Gasteiger partial charge is 0.422 e. The Balaban J connectivity index is 1.37. The van der Waals surface area contributed by atoms with Crippen molar-refractivity contribution >= 4 is 22.8 Å². The van der Waals surface area contributed by atoms with E-state index in [0.29, 0.717) is 30.5 Å². The molecule has 1 N–H and O–H groups in total. The molecule has 0 radical (unpaired) electrons. The Labute approximate surface area is 165 Å². The molecule has 0 saturated carbocycles. The number of halogens is 1. The molecule has 1 aromatic heterocycles. The zero-order valence-electron chi connectivity index (χ0n) is 15.6. The minimum absolute atomic E-state index is 0.0150. The highest BCUT2D eigenvalue weighted by atomic mass is 19.1. The van der Waals surface area contributed by atoms with Crippen molar-refractivity contribution in [3.63, 3.8) is 0 Å². The number of benzene rings is 2. The van der Waals surface area contributed by atoms with Gasteiger partial charge in [-0.1, -0.05) is 30.3 Å². The normalized spacial score (nSPS) is 16.4. The molecule has 1 unspecified atom stereocenters. The Morgan fingerprint density at radius 2 is 1.90 bits per heavy atom. The van der Waals surface area contributed by atoms with Gasteiger partial charge in [0.1, 0.15) is 17.0 Å². The fourth-order valence-electron chi connectivity index (χ4n) is 3.51. The summed E-state index contributed by atoms with van der Waals surface area (Å²) in [4.78, 5) is 38.5.